The Bertz CT molecular complexity index is 3450. The van der Waals surface area contributed by atoms with Gasteiger partial charge in [0.25, 0.3) is 0 Å². The number of aromatic nitrogens is 4. The average Bonchev–Trinajstić information content (AvgIpc) is 3.63. The van der Waals surface area contributed by atoms with Gasteiger partial charge in [0.05, 0.1) is 44.3 Å². The van der Waals surface area contributed by atoms with Crippen LogP contribution in [0.1, 0.15) is 22.3 Å². The van der Waals surface area contributed by atoms with E-state index in [0.717, 1.165) is 105 Å². The highest BCUT2D eigenvalue weighted by molar-refractivity contribution is 7.99. The molecule has 13 rings (SSSR count). The number of nitrogens with zero attached hydrogens (tertiary/aromatic N) is 5. The molecule has 0 bridgehead atoms. The third kappa shape index (κ3) is 5.00. The lowest BCUT2D eigenvalue weighted by atomic mass is 9.67. The zero-order valence-electron chi connectivity index (χ0n) is 33.1. The van der Waals surface area contributed by atoms with Crippen molar-refractivity contribution in [2.75, 3.05) is 4.90 Å². The maximum absolute atomic E-state index is 7.04. The fourth-order valence-electron chi connectivity index (χ4n) is 9.82. The van der Waals surface area contributed by atoms with Gasteiger partial charge in [0.15, 0.2) is 17.3 Å². The molecule has 6 nitrogen and oxygen atoms in total. The molecule has 3 aromatic heterocycles. The summed E-state index contributed by atoms with van der Waals surface area (Å²) in [5.41, 5.74) is 14.3. The van der Waals surface area contributed by atoms with Crippen LogP contribution < -0.4 is 9.64 Å². The van der Waals surface area contributed by atoms with Crippen LogP contribution in [0.15, 0.2) is 210 Å². The molecule has 7 heteroatoms. The molecule has 3 aliphatic rings. The number of hydrogen-bond donors (Lipinski definition) is 0. The molecule has 0 fully saturated rings. The van der Waals surface area contributed by atoms with E-state index in [1.807, 2.05) is 36.7 Å². The van der Waals surface area contributed by atoms with Crippen molar-refractivity contribution >= 4 is 39.7 Å². The maximum Gasteiger partial charge on any atom is 0.165 e. The summed E-state index contributed by atoms with van der Waals surface area (Å²) in [5.74, 6) is 2.31. The number of fused-ring (bicyclic) bond motifs is 13. The second-order valence-electron chi connectivity index (χ2n) is 15.7. The molecule has 0 radical (unpaired) electrons. The molecule has 5 heterocycles. The monoisotopic (exact) mass is 811 g/mol. The summed E-state index contributed by atoms with van der Waals surface area (Å²) < 4.78 is 7.04. The van der Waals surface area contributed by atoms with Gasteiger partial charge in [-0.05, 0) is 76.9 Å². The van der Waals surface area contributed by atoms with Gasteiger partial charge < -0.3 is 9.64 Å². The predicted molar refractivity (Wildman–Crippen MR) is 248 cm³/mol. The Morgan fingerprint density at radius 3 is 2.13 bits per heavy atom. The number of hydrogen-bond acceptors (Lipinski definition) is 7. The Morgan fingerprint density at radius 2 is 1.23 bits per heavy atom. The van der Waals surface area contributed by atoms with E-state index in [4.69, 9.17) is 24.7 Å². The van der Waals surface area contributed by atoms with Gasteiger partial charge in [-0.2, -0.15) is 0 Å². The molecule has 1 atom stereocenters. The Morgan fingerprint density at radius 1 is 0.500 bits per heavy atom. The number of ether oxygens (including phenoxy) is 1. The van der Waals surface area contributed by atoms with Crippen molar-refractivity contribution in [3.8, 4) is 56.7 Å². The van der Waals surface area contributed by atoms with Crippen molar-refractivity contribution in [3.05, 3.63) is 223 Å². The highest BCUT2D eigenvalue weighted by Gasteiger charge is 2.53. The molecule has 1 unspecified atom stereocenters. The third-order valence-corrected chi connectivity index (χ3v) is 13.6. The van der Waals surface area contributed by atoms with Crippen LogP contribution in [-0.4, -0.2) is 19.9 Å². The number of pyridine rings is 2. The van der Waals surface area contributed by atoms with Crippen molar-refractivity contribution in [1.29, 1.82) is 0 Å². The zero-order valence-corrected chi connectivity index (χ0v) is 33.9. The van der Waals surface area contributed by atoms with Gasteiger partial charge in [-0.15, -0.1) is 0 Å². The van der Waals surface area contributed by atoms with Crippen LogP contribution in [0.2, 0.25) is 0 Å². The van der Waals surface area contributed by atoms with Crippen molar-refractivity contribution in [3.63, 3.8) is 0 Å². The van der Waals surface area contributed by atoms with Gasteiger partial charge in [-0.3, -0.25) is 9.97 Å². The minimum Gasteiger partial charge on any atom is -0.452 e. The maximum atomic E-state index is 7.04. The molecule has 2 aliphatic heterocycles. The number of para-hydroxylation sites is 4. The summed E-state index contributed by atoms with van der Waals surface area (Å²) >= 11 is 1.77. The Hall–Kier alpha value is -7.87. The first kappa shape index (κ1) is 34.9. The van der Waals surface area contributed by atoms with E-state index in [0.29, 0.717) is 5.82 Å². The van der Waals surface area contributed by atoms with Gasteiger partial charge in [0.2, 0.25) is 0 Å². The van der Waals surface area contributed by atoms with Gasteiger partial charge in [-0.25, -0.2) is 9.97 Å². The Kier molecular flexibility index (Phi) is 7.65. The van der Waals surface area contributed by atoms with Crippen LogP contribution in [0.5, 0.6) is 11.5 Å². The van der Waals surface area contributed by atoms with E-state index in [9.17, 15) is 0 Å². The van der Waals surface area contributed by atoms with E-state index in [-0.39, 0.29) is 0 Å². The topological polar surface area (TPSA) is 64.0 Å². The second kappa shape index (κ2) is 13.6. The molecule has 10 aromatic rings. The van der Waals surface area contributed by atoms with Crippen molar-refractivity contribution in [2.45, 2.75) is 15.2 Å². The normalized spacial score (nSPS) is 15.2. The molecule has 1 aliphatic carbocycles. The molecular weight excluding hydrogens is 779 g/mol. The SMILES string of the molecule is c1ccc(-c2nc(-c3ccccc3-c3cnc4c(c3)C3(c5ccccc5Sc5c3ccc3c5Oc5ccccc5N3c3ccccc3)c3cccnc3-4)nc3ccccc23)cc1. The highest BCUT2D eigenvalue weighted by atomic mass is 32.2. The summed E-state index contributed by atoms with van der Waals surface area (Å²) in [7, 11) is 0. The van der Waals surface area contributed by atoms with Crippen molar-refractivity contribution in [1.82, 2.24) is 19.9 Å². The minimum atomic E-state index is -0.749. The Balaban J connectivity index is 1.05. The fraction of sp³-hybridized carbons (Fsp3) is 0.0182. The summed E-state index contributed by atoms with van der Waals surface area (Å²) in [6.45, 7) is 0. The largest absolute Gasteiger partial charge is 0.452 e. The highest BCUT2D eigenvalue weighted by Crippen LogP contribution is 2.65. The molecule has 290 valence electrons. The van der Waals surface area contributed by atoms with E-state index < -0.39 is 5.41 Å². The number of rotatable bonds is 4. The smallest absolute Gasteiger partial charge is 0.165 e. The molecular formula is C55H33N5OS. The molecule has 0 saturated heterocycles. The summed E-state index contributed by atoms with van der Waals surface area (Å²) in [5, 5.41) is 1.01. The molecule has 1 spiro atoms. The number of anilines is 3. The van der Waals surface area contributed by atoms with Crippen LogP contribution in [0.3, 0.4) is 0 Å². The minimum absolute atomic E-state index is 0.662. The first-order chi connectivity index (χ1) is 30.8. The third-order valence-electron chi connectivity index (χ3n) is 12.4. The quantitative estimate of drug-likeness (QED) is 0.175. The number of benzene rings is 7. The van der Waals surface area contributed by atoms with E-state index in [2.05, 4.69) is 169 Å². The molecule has 0 N–H and O–H groups in total. The van der Waals surface area contributed by atoms with Crippen LogP contribution in [-0.2, 0) is 5.41 Å². The van der Waals surface area contributed by atoms with Gasteiger partial charge in [-0.1, -0.05) is 145 Å². The first-order valence-electron chi connectivity index (χ1n) is 20.7. The van der Waals surface area contributed by atoms with Crippen LogP contribution in [0.4, 0.5) is 17.1 Å². The lowest BCUT2D eigenvalue weighted by molar-refractivity contribution is 0.461. The van der Waals surface area contributed by atoms with Gasteiger partial charge >= 0.3 is 0 Å². The molecule has 62 heavy (non-hydrogen) atoms. The summed E-state index contributed by atoms with van der Waals surface area (Å²) in [4.78, 5) is 25.4. The average molecular weight is 812 g/mol. The summed E-state index contributed by atoms with van der Waals surface area (Å²) in [6, 6.07) is 65.8. The van der Waals surface area contributed by atoms with E-state index >= 15 is 0 Å². The van der Waals surface area contributed by atoms with Gasteiger partial charge in [0, 0.05) is 50.6 Å². The zero-order chi connectivity index (χ0) is 40.8. The standard InChI is InChI=1S/C55H33N5OS/c1-3-16-34(17-4-1)49-39-22-9-11-25-44(39)58-54(59-49)38-21-8-7-20-37(38)35-32-43-51(57-33-35)50-41(24-15-31-56-50)55(43)40-23-10-14-28-48(40)62-53-42(55)29-30-46-52(53)61-47-27-13-12-26-45(47)60(46)36-18-5-2-6-19-36/h1-33H. The molecule has 0 amide bonds. The summed E-state index contributed by atoms with van der Waals surface area (Å²) in [6.07, 6.45) is 3.87. The van der Waals surface area contributed by atoms with E-state index in [1.54, 1.807) is 11.8 Å². The second-order valence-corrected chi connectivity index (χ2v) is 16.8. The predicted octanol–water partition coefficient (Wildman–Crippen LogP) is 13.8. The fourth-order valence-corrected chi connectivity index (χ4v) is 11.1. The lowest BCUT2D eigenvalue weighted by Gasteiger charge is -2.42. The first-order valence-corrected chi connectivity index (χ1v) is 21.5. The van der Waals surface area contributed by atoms with E-state index in [1.165, 1.54) is 5.56 Å². The van der Waals surface area contributed by atoms with Gasteiger partial charge in [0.1, 0.15) is 0 Å². The van der Waals surface area contributed by atoms with Crippen LogP contribution in [0.25, 0.3) is 56.1 Å². The lowest BCUT2D eigenvalue weighted by Crippen LogP contribution is -2.32. The van der Waals surface area contributed by atoms with Crippen molar-refractivity contribution < 1.29 is 4.74 Å². The molecule has 0 saturated carbocycles. The van der Waals surface area contributed by atoms with Crippen LogP contribution >= 0.6 is 11.8 Å². The van der Waals surface area contributed by atoms with Crippen LogP contribution in [0, 0.1) is 0 Å². The Labute approximate surface area is 362 Å². The van der Waals surface area contributed by atoms with Crippen molar-refractivity contribution in [2.24, 2.45) is 0 Å². The molecule has 7 aromatic carbocycles.